The number of hydrogen-bond donors (Lipinski definition) is 0. The van der Waals surface area contributed by atoms with Crippen LogP contribution in [-0.4, -0.2) is 14.6 Å². The highest BCUT2D eigenvalue weighted by Crippen LogP contribution is 2.22. The molecule has 0 unspecified atom stereocenters. The smallest absolute Gasteiger partial charge is 0.153 e. The summed E-state index contributed by atoms with van der Waals surface area (Å²) in [4.78, 5) is 4.22. The topological polar surface area (TPSA) is 30.2 Å². The molecule has 0 radical (unpaired) electrons. The van der Waals surface area contributed by atoms with Crippen molar-refractivity contribution in [2.24, 2.45) is 0 Å². The number of halogens is 2. The van der Waals surface area contributed by atoms with Gasteiger partial charge in [-0.3, -0.25) is 0 Å². The van der Waals surface area contributed by atoms with Crippen LogP contribution in [0, 0.1) is 18.6 Å². The van der Waals surface area contributed by atoms with E-state index in [0.717, 1.165) is 23.9 Å². The van der Waals surface area contributed by atoms with Gasteiger partial charge in [0.25, 0.3) is 0 Å². The van der Waals surface area contributed by atoms with Crippen molar-refractivity contribution in [3.63, 3.8) is 0 Å². The van der Waals surface area contributed by atoms with Crippen LogP contribution in [0.15, 0.2) is 36.5 Å². The fourth-order valence-electron chi connectivity index (χ4n) is 1.84. The van der Waals surface area contributed by atoms with Gasteiger partial charge in [0.2, 0.25) is 0 Å². The van der Waals surface area contributed by atoms with Gasteiger partial charge >= 0.3 is 0 Å². The number of imidazole rings is 1. The lowest BCUT2D eigenvalue weighted by molar-refractivity contribution is 0.602. The van der Waals surface area contributed by atoms with Crippen LogP contribution >= 0.6 is 0 Å². The normalized spacial score (nSPS) is 11.1. The molecular formula is C13H9F2N3. The highest BCUT2D eigenvalue weighted by Gasteiger charge is 2.09. The molecule has 0 spiro atoms. The number of aryl methyl sites for hydroxylation is 1. The van der Waals surface area contributed by atoms with Crippen molar-refractivity contribution >= 4 is 5.65 Å². The Morgan fingerprint density at radius 2 is 1.94 bits per heavy atom. The summed E-state index contributed by atoms with van der Waals surface area (Å²) in [6, 6.07) is 6.65. The highest BCUT2D eigenvalue weighted by atomic mass is 19.1. The molecule has 0 atom stereocenters. The van der Waals surface area contributed by atoms with Crippen LogP contribution in [0.4, 0.5) is 8.78 Å². The molecule has 3 aromatic rings. The molecule has 0 saturated heterocycles. The summed E-state index contributed by atoms with van der Waals surface area (Å²) < 4.78 is 28.3. The first-order valence-electron chi connectivity index (χ1n) is 5.42. The maximum atomic E-state index is 13.6. The minimum absolute atomic E-state index is 0.142. The van der Waals surface area contributed by atoms with Crippen LogP contribution < -0.4 is 0 Å². The van der Waals surface area contributed by atoms with E-state index in [2.05, 4.69) is 10.1 Å². The van der Waals surface area contributed by atoms with Crippen LogP contribution in [0.2, 0.25) is 0 Å². The SMILES string of the molecule is Cc1cn2nc(-c3cc(F)ccc3F)ccc2n1. The number of nitrogens with zero attached hydrogens (tertiary/aromatic N) is 3. The molecule has 18 heavy (non-hydrogen) atoms. The molecule has 0 N–H and O–H groups in total. The van der Waals surface area contributed by atoms with Crippen LogP contribution in [0.25, 0.3) is 16.9 Å². The van der Waals surface area contributed by atoms with Crippen LogP contribution in [0.3, 0.4) is 0 Å². The number of hydrogen-bond acceptors (Lipinski definition) is 2. The van der Waals surface area contributed by atoms with E-state index in [9.17, 15) is 8.78 Å². The number of fused-ring (bicyclic) bond motifs is 1. The van der Waals surface area contributed by atoms with Crippen molar-refractivity contribution in [1.82, 2.24) is 14.6 Å². The maximum Gasteiger partial charge on any atom is 0.153 e. The summed E-state index contributed by atoms with van der Waals surface area (Å²) in [6.07, 6.45) is 1.73. The molecule has 0 aliphatic rings. The van der Waals surface area contributed by atoms with Gasteiger partial charge in [-0.15, -0.1) is 0 Å². The summed E-state index contributed by atoms with van der Waals surface area (Å²) in [5.41, 5.74) is 2.01. The zero-order valence-corrected chi connectivity index (χ0v) is 9.56. The number of benzene rings is 1. The van der Waals surface area contributed by atoms with Gasteiger partial charge in [0, 0.05) is 5.56 Å². The molecule has 2 heterocycles. The third-order valence-corrected chi connectivity index (χ3v) is 2.64. The Balaban J connectivity index is 2.21. The van der Waals surface area contributed by atoms with Crippen LogP contribution in [0.1, 0.15) is 5.69 Å². The van der Waals surface area contributed by atoms with Crippen molar-refractivity contribution in [2.45, 2.75) is 6.92 Å². The molecule has 3 nitrogen and oxygen atoms in total. The second kappa shape index (κ2) is 3.87. The van der Waals surface area contributed by atoms with Crippen molar-refractivity contribution in [2.75, 3.05) is 0 Å². The van der Waals surface area contributed by atoms with Gasteiger partial charge in [-0.2, -0.15) is 5.10 Å². The van der Waals surface area contributed by atoms with Gasteiger partial charge in [0.15, 0.2) is 5.65 Å². The molecular weight excluding hydrogens is 236 g/mol. The van der Waals surface area contributed by atoms with E-state index in [1.54, 1.807) is 22.8 Å². The van der Waals surface area contributed by atoms with Gasteiger partial charge in [-0.05, 0) is 37.3 Å². The molecule has 0 amide bonds. The monoisotopic (exact) mass is 245 g/mol. The van der Waals surface area contributed by atoms with Crippen molar-refractivity contribution in [1.29, 1.82) is 0 Å². The second-order valence-electron chi connectivity index (χ2n) is 4.03. The van der Waals surface area contributed by atoms with E-state index in [1.807, 2.05) is 6.92 Å². The summed E-state index contributed by atoms with van der Waals surface area (Å²) in [5.74, 6) is -0.991. The molecule has 1 aromatic carbocycles. The standard InChI is InChI=1S/C13H9F2N3/c1-8-7-18-13(16-8)5-4-12(17-18)10-6-9(14)2-3-11(10)15/h2-7H,1H3. The zero-order chi connectivity index (χ0) is 12.7. The molecule has 5 heteroatoms. The lowest BCUT2D eigenvalue weighted by atomic mass is 10.1. The maximum absolute atomic E-state index is 13.6. The van der Waals surface area contributed by atoms with Gasteiger partial charge in [0.1, 0.15) is 11.6 Å². The fraction of sp³-hybridized carbons (Fsp3) is 0.0769. The minimum atomic E-state index is -0.500. The quantitative estimate of drug-likeness (QED) is 0.659. The first-order valence-corrected chi connectivity index (χ1v) is 5.42. The summed E-state index contributed by atoms with van der Waals surface area (Å²) >= 11 is 0. The zero-order valence-electron chi connectivity index (χ0n) is 9.56. The number of rotatable bonds is 1. The first kappa shape index (κ1) is 10.8. The molecule has 0 aliphatic carbocycles. The largest absolute Gasteiger partial charge is 0.232 e. The molecule has 2 aromatic heterocycles. The van der Waals surface area contributed by atoms with E-state index in [4.69, 9.17) is 0 Å². The average Bonchev–Trinajstić information content (AvgIpc) is 2.71. The predicted molar refractivity (Wildman–Crippen MR) is 63.1 cm³/mol. The molecule has 0 saturated carbocycles. The predicted octanol–water partition coefficient (Wildman–Crippen LogP) is 2.98. The van der Waals surface area contributed by atoms with E-state index in [0.29, 0.717) is 11.3 Å². The van der Waals surface area contributed by atoms with E-state index < -0.39 is 11.6 Å². The van der Waals surface area contributed by atoms with Gasteiger partial charge in [-0.25, -0.2) is 18.3 Å². The second-order valence-corrected chi connectivity index (χ2v) is 4.03. The van der Waals surface area contributed by atoms with Crippen molar-refractivity contribution < 1.29 is 8.78 Å². The van der Waals surface area contributed by atoms with Crippen LogP contribution in [0.5, 0.6) is 0 Å². The van der Waals surface area contributed by atoms with Gasteiger partial charge in [0.05, 0.1) is 17.6 Å². The Kier molecular flexibility index (Phi) is 2.33. The molecule has 0 aliphatic heterocycles. The molecule has 90 valence electrons. The van der Waals surface area contributed by atoms with E-state index in [-0.39, 0.29) is 5.56 Å². The summed E-state index contributed by atoms with van der Waals surface area (Å²) in [6.45, 7) is 1.84. The average molecular weight is 245 g/mol. The van der Waals surface area contributed by atoms with E-state index >= 15 is 0 Å². The number of aromatic nitrogens is 3. The van der Waals surface area contributed by atoms with Crippen molar-refractivity contribution in [3.8, 4) is 11.3 Å². The summed E-state index contributed by atoms with van der Waals surface area (Å²) in [5, 5.41) is 4.22. The Labute approximate surface area is 102 Å². The summed E-state index contributed by atoms with van der Waals surface area (Å²) in [7, 11) is 0. The fourth-order valence-corrected chi connectivity index (χ4v) is 1.84. The third kappa shape index (κ3) is 1.73. The Morgan fingerprint density at radius 3 is 2.78 bits per heavy atom. The lowest BCUT2D eigenvalue weighted by Crippen LogP contribution is -1.95. The molecule has 0 fully saturated rings. The minimum Gasteiger partial charge on any atom is -0.232 e. The Morgan fingerprint density at radius 1 is 1.11 bits per heavy atom. The highest BCUT2D eigenvalue weighted by molar-refractivity contribution is 5.61. The first-order chi connectivity index (χ1) is 8.63. The molecule has 0 bridgehead atoms. The van der Waals surface area contributed by atoms with E-state index in [1.165, 1.54) is 0 Å². The Hall–Kier alpha value is -2.30. The van der Waals surface area contributed by atoms with Gasteiger partial charge in [-0.1, -0.05) is 0 Å². The lowest BCUT2D eigenvalue weighted by Gasteiger charge is -2.03. The molecule has 3 rings (SSSR count). The Bertz CT molecular complexity index is 734. The van der Waals surface area contributed by atoms with Crippen LogP contribution in [-0.2, 0) is 0 Å². The third-order valence-electron chi connectivity index (χ3n) is 2.64. The van der Waals surface area contributed by atoms with Gasteiger partial charge < -0.3 is 0 Å². The van der Waals surface area contributed by atoms with Crippen molar-refractivity contribution in [3.05, 3.63) is 53.9 Å².